The number of nitrogens with zero attached hydrogens (tertiary/aromatic N) is 1. The number of hydrogen-bond acceptors (Lipinski definition) is 2. The minimum absolute atomic E-state index is 0.00322. The van der Waals surface area contributed by atoms with Crippen molar-refractivity contribution < 1.29 is 9.90 Å². The van der Waals surface area contributed by atoms with Crippen molar-refractivity contribution in [3.05, 3.63) is 35.9 Å². The molecule has 1 unspecified atom stereocenters. The summed E-state index contributed by atoms with van der Waals surface area (Å²) in [6.45, 7) is 1.07. The van der Waals surface area contributed by atoms with Gasteiger partial charge in [-0.25, -0.2) is 4.79 Å². The van der Waals surface area contributed by atoms with Crippen LogP contribution in [-0.4, -0.2) is 35.7 Å². The molecule has 1 heterocycles. The minimum atomic E-state index is -0.0887. The zero-order chi connectivity index (χ0) is 11.4. The predicted octanol–water partition coefficient (Wildman–Crippen LogP) is 1.14. The molecular weight excluding hydrogens is 204 g/mol. The first-order chi connectivity index (χ1) is 7.83. The monoisotopic (exact) mass is 220 g/mol. The first kappa shape index (κ1) is 11.0. The van der Waals surface area contributed by atoms with Crippen molar-refractivity contribution in [1.29, 1.82) is 0 Å². The van der Waals surface area contributed by atoms with Crippen LogP contribution in [0.4, 0.5) is 4.79 Å². The van der Waals surface area contributed by atoms with Crippen LogP contribution in [0.25, 0.3) is 0 Å². The summed E-state index contributed by atoms with van der Waals surface area (Å²) in [6.07, 6.45) is 0.885. The molecule has 1 aliphatic rings. The van der Waals surface area contributed by atoms with E-state index in [1.165, 1.54) is 0 Å². The molecule has 16 heavy (non-hydrogen) atoms. The van der Waals surface area contributed by atoms with Gasteiger partial charge in [0.2, 0.25) is 0 Å². The molecule has 2 rings (SSSR count). The summed E-state index contributed by atoms with van der Waals surface area (Å²) in [4.78, 5) is 13.4. The molecule has 86 valence electrons. The average Bonchev–Trinajstić information content (AvgIpc) is 2.33. The van der Waals surface area contributed by atoms with E-state index in [4.69, 9.17) is 5.11 Å². The normalized spacial score (nSPS) is 20.7. The first-order valence-corrected chi connectivity index (χ1v) is 5.53. The molecule has 2 N–H and O–H groups in total. The first-order valence-electron chi connectivity index (χ1n) is 5.53. The van der Waals surface area contributed by atoms with Gasteiger partial charge in [-0.3, -0.25) is 0 Å². The summed E-state index contributed by atoms with van der Waals surface area (Å²) < 4.78 is 0. The number of aliphatic hydroxyl groups excluding tert-OH is 1. The molecule has 0 radical (unpaired) electrons. The van der Waals surface area contributed by atoms with E-state index in [0.29, 0.717) is 13.1 Å². The van der Waals surface area contributed by atoms with Gasteiger partial charge in [0, 0.05) is 13.1 Å². The van der Waals surface area contributed by atoms with Gasteiger partial charge in [0.1, 0.15) is 0 Å². The van der Waals surface area contributed by atoms with Crippen LogP contribution in [0.1, 0.15) is 18.0 Å². The lowest BCUT2D eigenvalue weighted by atomic mass is 10.0. The Kier molecular flexibility index (Phi) is 3.41. The summed E-state index contributed by atoms with van der Waals surface area (Å²) in [6, 6.07) is 9.94. The van der Waals surface area contributed by atoms with Gasteiger partial charge in [-0.15, -0.1) is 0 Å². The molecule has 1 saturated heterocycles. The lowest BCUT2D eigenvalue weighted by molar-refractivity contribution is 0.134. The standard InChI is InChI=1S/C12H16N2O2/c15-9-8-14-11(6-7-13-12(14)16)10-4-2-1-3-5-10/h1-5,11,15H,6-9H2,(H,13,16). The second-order valence-electron chi connectivity index (χ2n) is 3.86. The number of carbonyl (C=O) groups is 1. The highest BCUT2D eigenvalue weighted by Gasteiger charge is 2.28. The third kappa shape index (κ3) is 2.17. The Morgan fingerprint density at radius 2 is 2.12 bits per heavy atom. The molecule has 0 aromatic heterocycles. The Balaban J connectivity index is 2.20. The Hall–Kier alpha value is -1.55. The molecule has 1 fully saturated rings. The summed E-state index contributed by atoms with van der Waals surface area (Å²) in [7, 11) is 0. The van der Waals surface area contributed by atoms with E-state index in [0.717, 1.165) is 12.0 Å². The van der Waals surface area contributed by atoms with E-state index in [1.54, 1.807) is 4.90 Å². The fourth-order valence-electron chi connectivity index (χ4n) is 2.10. The largest absolute Gasteiger partial charge is 0.395 e. The lowest BCUT2D eigenvalue weighted by Gasteiger charge is -2.35. The molecule has 0 spiro atoms. The number of benzene rings is 1. The number of rotatable bonds is 3. The topological polar surface area (TPSA) is 52.6 Å². The third-order valence-electron chi connectivity index (χ3n) is 2.86. The minimum Gasteiger partial charge on any atom is -0.395 e. The van der Waals surface area contributed by atoms with Crippen LogP contribution in [0.5, 0.6) is 0 Å². The molecular formula is C12H16N2O2. The van der Waals surface area contributed by atoms with Crippen LogP contribution >= 0.6 is 0 Å². The fraction of sp³-hybridized carbons (Fsp3) is 0.417. The molecule has 1 atom stereocenters. The van der Waals surface area contributed by atoms with Crippen LogP contribution in [0.15, 0.2) is 30.3 Å². The third-order valence-corrected chi connectivity index (χ3v) is 2.86. The van der Waals surface area contributed by atoms with Gasteiger partial charge in [-0.2, -0.15) is 0 Å². The number of amides is 2. The fourth-order valence-corrected chi connectivity index (χ4v) is 2.10. The Bertz CT molecular complexity index is 353. The molecule has 0 saturated carbocycles. The molecule has 1 aromatic rings. The van der Waals surface area contributed by atoms with Gasteiger partial charge in [0.15, 0.2) is 0 Å². The zero-order valence-electron chi connectivity index (χ0n) is 9.10. The maximum atomic E-state index is 11.7. The predicted molar refractivity (Wildman–Crippen MR) is 61.0 cm³/mol. The SMILES string of the molecule is O=C1NCCC(c2ccccc2)N1CCO. The number of hydrogen-bond donors (Lipinski definition) is 2. The highest BCUT2D eigenvalue weighted by molar-refractivity contribution is 5.75. The summed E-state index contributed by atoms with van der Waals surface area (Å²) >= 11 is 0. The quantitative estimate of drug-likeness (QED) is 0.802. The van der Waals surface area contributed by atoms with E-state index >= 15 is 0 Å². The molecule has 4 nitrogen and oxygen atoms in total. The highest BCUT2D eigenvalue weighted by Crippen LogP contribution is 2.25. The maximum absolute atomic E-state index is 11.7. The second kappa shape index (κ2) is 4.99. The van der Waals surface area contributed by atoms with Crippen molar-refractivity contribution in [3.8, 4) is 0 Å². The Morgan fingerprint density at radius 1 is 1.38 bits per heavy atom. The van der Waals surface area contributed by atoms with Crippen molar-refractivity contribution >= 4 is 6.03 Å². The number of urea groups is 1. The van der Waals surface area contributed by atoms with E-state index in [2.05, 4.69) is 5.32 Å². The maximum Gasteiger partial charge on any atom is 0.317 e. The van der Waals surface area contributed by atoms with Crippen molar-refractivity contribution in [1.82, 2.24) is 10.2 Å². The molecule has 1 aliphatic heterocycles. The smallest absolute Gasteiger partial charge is 0.317 e. The number of β-amino-alcohol motifs (C(OH)–C–C–N with tert-alkyl or cyclic N) is 1. The van der Waals surface area contributed by atoms with Crippen LogP contribution in [0.2, 0.25) is 0 Å². The average molecular weight is 220 g/mol. The van der Waals surface area contributed by atoms with Crippen LogP contribution in [0.3, 0.4) is 0 Å². The summed E-state index contributed by atoms with van der Waals surface area (Å²) in [5, 5.41) is 11.8. The van der Waals surface area contributed by atoms with Gasteiger partial charge >= 0.3 is 6.03 Å². The molecule has 0 aliphatic carbocycles. The van der Waals surface area contributed by atoms with Gasteiger partial charge in [0.25, 0.3) is 0 Å². The van der Waals surface area contributed by atoms with Gasteiger partial charge in [-0.05, 0) is 12.0 Å². The zero-order valence-corrected chi connectivity index (χ0v) is 9.10. The van der Waals surface area contributed by atoms with Crippen LogP contribution in [-0.2, 0) is 0 Å². The van der Waals surface area contributed by atoms with Crippen molar-refractivity contribution in [3.63, 3.8) is 0 Å². The van der Waals surface area contributed by atoms with E-state index < -0.39 is 0 Å². The van der Waals surface area contributed by atoms with Gasteiger partial charge in [0.05, 0.1) is 12.6 Å². The second-order valence-corrected chi connectivity index (χ2v) is 3.86. The number of nitrogens with one attached hydrogen (secondary N) is 1. The van der Waals surface area contributed by atoms with E-state index in [9.17, 15) is 4.79 Å². The van der Waals surface area contributed by atoms with Crippen molar-refractivity contribution in [2.75, 3.05) is 19.7 Å². The van der Waals surface area contributed by atoms with Crippen LogP contribution in [0, 0.1) is 0 Å². The summed E-state index contributed by atoms with van der Waals surface area (Å²) in [5.41, 5.74) is 1.13. The van der Waals surface area contributed by atoms with Crippen molar-refractivity contribution in [2.45, 2.75) is 12.5 Å². The molecule has 2 amide bonds. The van der Waals surface area contributed by atoms with E-state index in [-0.39, 0.29) is 18.7 Å². The summed E-state index contributed by atoms with van der Waals surface area (Å²) in [5.74, 6) is 0. The number of aliphatic hydroxyl groups is 1. The lowest BCUT2D eigenvalue weighted by Crippen LogP contribution is -2.49. The highest BCUT2D eigenvalue weighted by atomic mass is 16.3. The number of carbonyl (C=O) groups excluding carboxylic acids is 1. The Labute approximate surface area is 94.9 Å². The van der Waals surface area contributed by atoms with Crippen molar-refractivity contribution in [2.24, 2.45) is 0 Å². The molecule has 1 aromatic carbocycles. The van der Waals surface area contributed by atoms with Gasteiger partial charge < -0.3 is 15.3 Å². The van der Waals surface area contributed by atoms with Gasteiger partial charge in [-0.1, -0.05) is 30.3 Å². The van der Waals surface area contributed by atoms with E-state index in [1.807, 2.05) is 30.3 Å². The molecule has 4 heteroatoms. The van der Waals surface area contributed by atoms with Crippen LogP contribution < -0.4 is 5.32 Å². The Morgan fingerprint density at radius 3 is 2.81 bits per heavy atom. The molecule has 0 bridgehead atoms.